The first-order valence-electron chi connectivity index (χ1n) is 8.55. The zero-order valence-corrected chi connectivity index (χ0v) is 17.3. The fraction of sp³-hybridized carbons (Fsp3) is 0.316. The van der Waals surface area contributed by atoms with E-state index < -0.39 is 0 Å². The van der Waals surface area contributed by atoms with Gasteiger partial charge in [0.1, 0.15) is 17.2 Å². The highest BCUT2D eigenvalue weighted by atomic mass is 35.5. The maximum atomic E-state index is 12.3. The summed E-state index contributed by atoms with van der Waals surface area (Å²) in [5.74, 6) is 0.844. The van der Waals surface area contributed by atoms with Crippen LogP contribution in [0.1, 0.15) is 22.5 Å². The molecule has 9 heteroatoms. The van der Waals surface area contributed by atoms with Crippen molar-refractivity contribution in [1.82, 2.24) is 15.6 Å². The van der Waals surface area contributed by atoms with Crippen molar-refractivity contribution in [3.63, 3.8) is 0 Å². The Hall–Kier alpha value is -2.35. The second-order valence-corrected chi connectivity index (χ2v) is 6.22. The van der Waals surface area contributed by atoms with Gasteiger partial charge in [0, 0.05) is 37.6 Å². The average Bonchev–Trinajstić information content (AvgIpc) is 3.19. The molecule has 0 aliphatic carbocycles. The Labute approximate surface area is 176 Å². The molecule has 2 aromatic rings. The first kappa shape index (κ1) is 23.7. The number of carbonyl (C=O) groups excluding carboxylic acids is 2. The van der Waals surface area contributed by atoms with Gasteiger partial charge in [-0.25, -0.2) is 0 Å². The third-order valence-corrected chi connectivity index (χ3v) is 4.31. The average molecular weight is 427 g/mol. The number of amides is 2. The molecule has 0 radical (unpaired) electrons. The molecule has 1 saturated heterocycles. The summed E-state index contributed by atoms with van der Waals surface area (Å²) in [5, 5.41) is 8.66. The lowest BCUT2D eigenvalue weighted by molar-refractivity contribution is -0.119. The van der Waals surface area contributed by atoms with E-state index in [2.05, 4.69) is 20.9 Å². The van der Waals surface area contributed by atoms with Crippen molar-refractivity contribution in [2.45, 2.75) is 13.3 Å². The minimum atomic E-state index is -0.279. The van der Waals surface area contributed by atoms with E-state index >= 15 is 0 Å². The van der Waals surface area contributed by atoms with E-state index in [4.69, 9.17) is 4.74 Å². The molecule has 1 aliphatic rings. The Morgan fingerprint density at radius 2 is 2.00 bits per heavy atom. The quantitative estimate of drug-likeness (QED) is 0.683. The second kappa shape index (κ2) is 10.8. The van der Waals surface area contributed by atoms with Crippen molar-refractivity contribution in [1.29, 1.82) is 0 Å². The molecule has 152 valence electrons. The predicted octanol–water partition coefficient (Wildman–Crippen LogP) is 2.93. The fourth-order valence-corrected chi connectivity index (χ4v) is 2.76. The van der Waals surface area contributed by atoms with Crippen LogP contribution in [0.4, 0.5) is 5.69 Å². The van der Waals surface area contributed by atoms with Crippen LogP contribution < -0.4 is 20.7 Å². The Morgan fingerprint density at radius 3 is 2.68 bits per heavy atom. The van der Waals surface area contributed by atoms with E-state index in [0.717, 1.165) is 18.5 Å². The third kappa shape index (κ3) is 5.82. The van der Waals surface area contributed by atoms with Gasteiger partial charge >= 0.3 is 0 Å². The molecule has 1 atom stereocenters. The molecule has 3 rings (SSSR count). The number of pyridine rings is 1. The molecule has 2 amide bonds. The van der Waals surface area contributed by atoms with Crippen molar-refractivity contribution >= 4 is 42.3 Å². The number of hydrogen-bond acceptors (Lipinski definition) is 5. The highest BCUT2D eigenvalue weighted by Gasteiger charge is 2.22. The number of nitrogens with one attached hydrogen (secondary N) is 3. The maximum Gasteiger partial charge on any atom is 0.269 e. The molecule has 1 aliphatic heterocycles. The molecular weight excluding hydrogens is 403 g/mol. The van der Waals surface area contributed by atoms with Crippen LogP contribution in [0.25, 0.3) is 0 Å². The van der Waals surface area contributed by atoms with E-state index in [9.17, 15) is 9.59 Å². The smallest absolute Gasteiger partial charge is 0.269 e. The molecule has 1 aromatic heterocycles. The Bertz CT molecular complexity index is 827. The number of aryl methyl sites for hydroxylation is 1. The number of benzene rings is 1. The van der Waals surface area contributed by atoms with Gasteiger partial charge in [-0.15, -0.1) is 24.8 Å². The molecule has 0 saturated carbocycles. The molecule has 7 nitrogen and oxygen atoms in total. The standard InChI is InChI=1S/C19H22N4O3.2ClH/c1-12-3-4-14(23-18(24)13-5-7-21-11-13)9-17(12)26-15-6-8-22-16(10-15)19(25)20-2;;/h3-4,6,8-10,13,21H,5,7,11H2,1-2H3,(H,20,25)(H,23,24);2*1H. The van der Waals surface area contributed by atoms with E-state index in [1.807, 2.05) is 19.1 Å². The van der Waals surface area contributed by atoms with Gasteiger partial charge in [0.15, 0.2) is 0 Å². The fourth-order valence-electron chi connectivity index (χ4n) is 2.76. The van der Waals surface area contributed by atoms with Gasteiger partial charge in [-0.2, -0.15) is 0 Å². The van der Waals surface area contributed by atoms with E-state index in [-0.39, 0.29) is 48.2 Å². The molecule has 28 heavy (non-hydrogen) atoms. The summed E-state index contributed by atoms with van der Waals surface area (Å²) < 4.78 is 5.91. The molecule has 1 unspecified atom stereocenters. The number of halogens is 2. The summed E-state index contributed by atoms with van der Waals surface area (Å²) in [6.45, 7) is 3.50. The molecule has 0 bridgehead atoms. The normalized spacial score (nSPS) is 15.0. The number of anilines is 1. The predicted molar refractivity (Wildman–Crippen MR) is 113 cm³/mol. The lowest BCUT2D eigenvalue weighted by Gasteiger charge is -2.13. The van der Waals surface area contributed by atoms with Gasteiger partial charge in [-0.05, 0) is 37.6 Å². The summed E-state index contributed by atoms with van der Waals surface area (Å²) in [4.78, 5) is 28.0. The number of rotatable bonds is 5. The van der Waals surface area contributed by atoms with E-state index in [1.165, 1.54) is 6.20 Å². The highest BCUT2D eigenvalue weighted by molar-refractivity contribution is 5.93. The van der Waals surface area contributed by atoms with E-state index in [1.54, 1.807) is 25.2 Å². The number of ether oxygens (including phenoxy) is 1. The van der Waals surface area contributed by atoms with Gasteiger partial charge < -0.3 is 20.7 Å². The SMILES string of the molecule is CNC(=O)c1cc(Oc2cc(NC(=O)C3CCNC3)ccc2C)ccn1.Cl.Cl. The van der Waals surface area contributed by atoms with Crippen LogP contribution in [0.15, 0.2) is 36.5 Å². The van der Waals surface area contributed by atoms with E-state index in [0.29, 0.717) is 23.7 Å². The summed E-state index contributed by atoms with van der Waals surface area (Å²) in [6.07, 6.45) is 2.37. The Morgan fingerprint density at radius 1 is 1.21 bits per heavy atom. The van der Waals surface area contributed by atoms with Crippen LogP contribution in [0.5, 0.6) is 11.5 Å². The largest absolute Gasteiger partial charge is 0.457 e. The number of carbonyl (C=O) groups is 2. The Balaban J connectivity index is 0.00000196. The van der Waals surface area contributed by atoms with Gasteiger partial charge in [-0.3, -0.25) is 14.6 Å². The molecule has 2 heterocycles. The minimum absolute atomic E-state index is 0. The molecule has 1 aromatic carbocycles. The van der Waals surface area contributed by atoms with Crippen molar-refractivity contribution in [3.8, 4) is 11.5 Å². The monoisotopic (exact) mass is 426 g/mol. The first-order valence-corrected chi connectivity index (χ1v) is 8.55. The number of hydrogen-bond donors (Lipinski definition) is 3. The summed E-state index contributed by atoms with van der Waals surface area (Å²) in [7, 11) is 1.55. The number of aromatic nitrogens is 1. The summed E-state index contributed by atoms with van der Waals surface area (Å²) in [6, 6.07) is 8.79. The topological polar surface area (TPSA) is 92.4 Å². The van der Waals surface area contributed by atoms with Gasteiger partial charge in [-0.1, -0.05) is 6.07 Å². The zero-order valence-electron chi connectivity index (χ0n) is 15.7. The third-order valence-electron chi connectivity index (χ3n) is 4.31. The van der Waals surface area contributed by atoms with Crippen LogP contribution in [0.3, 0.4) is 0 Å². The van der Waals surface area contributed by atoms with Crippen molar-refractivity contribution in [2.75, 3.05) is 25.5 Å². The Kier molecular flexibility index (Phi) is 9.18. The van der Waals surface area contributed by atoms with Crippen molar-refractivity contribution < 1.29 is 14.3 Å². The van der Waals surface area contributed by atoms with Crippen LogP contribution in [-0.2, 0) is 4.79 Å². The first-order chi connectivity index (χ1) is 12.6. The van der Waals surface area contributed by atoms with Crippen LogP contribution in [0, 0.1) is 12.8 Å². The molecule has 1 fully saturated rings. The van der Waals surface area contributed by atoms with Crippen LogP contribution in [-0.4, -0.2) is 36.9 Å². The number of nitrogens with zero attached hydrogens (tertiary/aromatic N) is 1. The molecule has 0 spiro atoms. The van der Waals surface area contributed by atoms with Gasteiger partial charge in [0.2, 0.25) is 5.91 Å². The summed E-state index contributed by atoms with van der Waals surface area (Å²) in [5.41, 5.74) is 1.88. The second-order valence-electron chi connectivity index (χ2n) is 6.22. The van der Waals surface area contributed by atoms with Gasteiger partial charge in [0.25, 0.3) is 5.91 Å². The van der Waals surface area contributed by atoms with Crippen molar-refractivity contribution in [3.05, 3.63) is 47.8 Å². The van der Waals surface area contributed by atoms with Crippen LogP contribution in [0.2, 0.25) is 0 Å². The minimum Gasteiger partial charge on any atom is -0.457 e. The maximum absolute atomic E-state index is 12.3. The van der Waals surface area contributed by atoms with Crippen molar-refractivity contribution in [2.24, 2.45) is 5.92 Å². The van der Waals surface area contributed by atoms with Gasteiger partial charge in [0.05, 0.1) is 5.92 Å². The molecular formula is C19H24Cl2N4O3. The lowest BCUT2D eigenvalue weighted by Crippen LogP contribution is -2.24. The zero-order chi connectivity index (χ0) is 18.5. The molecule has 3 N–H and O–H groups in total. The summed E-state index contributed by atoms with van der Waals surface area (Å²) >= 11 is 0. The highest BCUT2D eigenvalue weighted by Crippen LogP contribution is 2.28. The lowest BCUT2D eigenvalue weighted by atomic mass is 10.1. The van der Waals surface area contributed by atoms with Crippen LogP contribution >= 0.6 is 24.8 Å².